The number of unbranched alkanes of at least 4 members (excludes halogenated alkanes) is 1. The Balaban J connectivity index is 1.90. The predicted octanol–water partition coefficient (Wildman–Crippen LogP) is 3.38. The SMILES string of the molecule is CCCCNc1c(N[C@H](c2ccccc2)[C@@H](O)c2ccccc2)c(=O)c1=O. The number of aliphatic hydroxyl groups excluding tert-OH is 1. The zero-order valence-corrected chi connectivity index (χ0v) is 15.3. The third kappa shape index (κ3) is 4.09. The number of anilines is 2. The molecule has 0 radical (unpaired) electrons. The minimum Gasteiger partial charge on any atom is -0.386 e. The molecule has 0 amide bonds. The standard InChI is InChI=1S/C22H24N2O3/c1-2-3-14-23-18-19(22(27)21(18)26)24-17(15-10-6-4-7-11-15)20(25)16-12-8-5-9-13-16/h4-13,17,20,23-25H,2-3,14H2,1H3/t17-,20+/m1/s1. The highest BCUT2D eigenvalue weighted by Crippen LogP contribution is 2.33. The van der Waals surface area contributed by atoms with E-state index in [4.69, 9.17) is 0 Å². The molecule has 0 aromatic heterocycles. The summed E-state index contributed by atoms with van der Waals surface area (Å²) in [6.07, 6.45) is 1.03. The minimum absolute atomic E-state index is 0.250. The molecule has 5 heteroatoms. The Bertz CT molecular complexity index is 931. The van der Waals surface area contributed by atoms with E-state index in [1.807, 2.05) is 60.7 Å². The summed E-state index contributed by atoms with van der Waals surface area (Å²) in [5, 5.41) is 17.1. The summed E-state index contributed by atoms with van der Waals surface area (Å²) in [4.78, 5) is 24.1. The number of benzene rings is 2. The topological polar surface area (TPSA) is 78.4 Å². The zero-order chi connectivity index (χ0) is 19.2. The van der Waals surface area contributed by atoms with E-state index in [2.05, 4.69) is 17.6 Å². The van der Waals surface area contributed by atoms with Gasteiger partial charge in [0.25, 0.3) is 10.9 Å². The molecule has 3 aromatic rings. The molecule has 3 rings (SSSR count). The van der Waals surface area contributed by atoms with Crippen molar-refractivity contribution in [2.24, 2.45) is 0 Å². The van der Waals surface area contributed by atoms with Crippen LogP contribution in [0.4, 0.5) is 11.4 Å². The van der Waals surface area contributed by atoms with E-state index < -0.39 is 23.0 Å². The Labute approximate surface area is 158 Å². The molecule has 27 heavy (non-hydrogen) atoms. The lowest BCUT2D eigenvalue weighted by molar-refractivity contribution is 0.155. The first-order chi connectivity index (χ1) is 13.1. The molecule has 0 aliphatic heterocycles. The van der Waals surface area contributed by atoms with Gasteiger partial charge in [0.15, 0.2) is 0 Å². The van der Waals surface area contributed by atoms with Crippen molar-refractivity contribution >= 4 is 11.4 Å². The number of hydrogen-bond donors (Lipinski definition) is 3. The largest absolute Gasteiger partial charge is 0.386 e. The molecule has 0 heterocycles. The summed E-state index contributed by atoms with van der Waals surface area (Å²) < 4.78 is 0. The molecule has 0 fully saturated rings. The van der Waals surface area contributed by atoms with E-state index in [1.165, 1.54) is 0 Å². The van der Waals surface area contributed by atoms with Crippen molar-refractivity contribution in [2.75, 3.05) is 17.2 Å². The van der Waals surface area contributed by atoms with Crippen molar-refractivity contribution < 1.29 is 5.11 Å². The minimum atomic E-state index is -0.874. The van der Waals surface area contributed by atoms with Crippen molar-refractivity contribution in [3.8, 4) is 0 Å². The molecule has 0 unspecified atom stereocenters. The fourth-order valence-electron chi connectivity index (χ4n) is 3.09. The van der Waals surface area contributed by atoms with E-state index in [-0.39, 0.29) is 5.69 Å². The second-order valence-electron chi connectivity index (χ2n) is 6.58. The van der Waals surface area contributed by atoms with E-state index >= 15 is 0 Å². The summed E-state index contributed by atoms with van der Waals surface area (Å²) in [6, 6.07) is 18.1. The van der Waals surface area contributed by atoms with Crippen LogP contribution >= 0.6 is 0 Å². The van der Waals surface area contributed by atoms with Gasteiger partial charge in [-0.3, -0.25) is 9.59 Å². The summed E-state index contributed by atoms with van der Waals surface area (Å²) in [5.74, 6) is 0. The average molecular weight is 364 g/mol. The summed E-state index contributed by atoms with van der Waals surface area (Å²) in [6.45, 7) is 2.69. The molecule has 5 nitrogen and oxygen atoms in total. The van der Waals surface area contributed by atoms with Gasteiger partial charge >= 0.3 is 0 Å². The molecule has 3 aromatic carbocycles. The second kappa shape index (κ2) is 8.64. The lowest BCUT2D eigenvalue weighted by Gasteiger charge is -2.27. The Morgan fingerprint density at radius 2 is 1.41 bits per heavy atom. The molecule has 0 aliphatic rings. The molecule has 0 saturated carbocycles. The maximum atomic E-state index is 12.1. The van der Waals surface area contributed by atoms with E-state index in [1.54, 1.807) is 0 Å². The lowest BCUT2D eigenvalue weighted by atomic mass is 9.95. The quantitative estimate of drug-likeness (QED) is 0.401. The molecule has 0 saturated heterocycles. The van der Waals surface area contributed by atoms with Gasteiger partial charge in [-0.05, 0) is 17.5 Å². The fourth-order valence-corrected chi connectivity index (χ4v) is 3.09. The lowest BCUT2D eigenvalue weighted by Crippen LogP contribution is -2.39. The van der Waals surface area contributed by atoms with Crippen LogP contribution in [0.2, 0.25) is 0 Å². The van der Waals surface area contributed by atoms with Crippen LogP contribution in [0.5, 0.6) is 0 Å². The van der Waals surface area contributed by atoms with Gasteiger partial charge in [0.05, 0.1) is 6.04 Å². The average Bonchev–Trinajstić information content (AvgIpc) is 2.73. The second-order valence-corrected chi connectivity index (χ2v) is 6.58. The molecule has 0 spiro atoms. The molecule has 2 atom stereocenters. The maximum Gasteiger partial charge on any atom is 0.253 e. The van der Waals surface area contributed by atoms with Gasteiger partial charge < -0.3 is 15.7 Å². The van der Waals surface area contributed by atoms with Gasteiger partial charge in [0.2, 0.25) is 0 Å². The van der Waals surface area contributed by atoms with Crippen LogP contribution in [-0.4, -0.2) is 11.7 Å². The molecule has 0 aliphatic carbocycles. The van der Waals surface area contributed by atoms with Gasteiger partial charge in [0, 0.05) is 6.54 Å². The summed E-state index contributed by atoms with van der Waals surface area (Å²) in [5.41, 5.74) is 1.08. The van der Waals surface area contributed by atoms with Crippen LogP contribution in [0.15, 0.2) is 70.3 Å². The Kier molecular flexibility index (Phi) is 6.04. The highest BCUT2D eigenvalue weighted by atomic mass is 16.3. The van der Waals surface area contributed by atoms with Crippen molar-refractivity contribution in [3.05, 3.63) is 92.2 Å². The van der Waals surface area contributed by atoms with E-state index in [0.717, 1.165) is 24.0 Å². The van der Waals surface area contributed by atoms with Crippen LogP contribution in [0, 0.1) is 0 Å². The van der Waals surface area contributed by atoms with Gasteiger partial charge in [-0.1, -0.05) is 74.0 Å². The molecular formula is C22H24N2O3. The third-order valence-corrected chi connectivity index (χ3v) is 4.66. The van der Waals surface area contributed by atoms with Gasteiger partial charge in [0.1, 0.15) is 17.5 Å². The number of aliphatic hydroxyl groups is 1. The number of hydrogen-bond acceptors (Lipinski definition) is 5. The van der Waals surface area contributed by atoms with Crippen LogP contribution in [-0.2, 0) is 0 Å². The summed E-state index contributed by atoms with van der Waals surface area (Å²) in [7, 11) is 0. The highest BCUT2D eigenvalue weighted by Gasteiger charge is 2.28. The van der Waals surface area contributed by atoms with Gasteiger partial charge in [-0.25, -0.2) is 0 Å². The van der Waals surface area contributed by atoms with Crippen LogP contribution in [0.1, 0.15) is 43.0 Å². The first-order valence-corrected chi connectivity index (χ1v) is 9.25. The van der Waals surface area contributed by atoms with Crippen molar-refractivity contribution in [2.45, 2.75) is 31.9 Å². The Hall–Kier alpha value is -2.92. The van der Waals surface area contributed by atoms with E-state index in [0.29, 0.717) is 12.2 Å². The summed E-state index contributed by atoms with van der Waals surface area (Å²) >= 11 is 0. The van der Waals surface area contributed by atoms with Crippen LogP contribution in [0.3, 0.4) is 0 Å². The molecule has 0 bridgehead atoms. The fraction of sp³-hybridized carbons (Fsp3) is 0.273. The molecular weight excluding hydrogens is 340 g/mol. The molecule has 3 N–H and O–H groups in total. The van der Waals surface area contributed by atoms with Crippen molar-refractivity contribution in [1.82, 2.24) is 0 Å². The predicted molar refractivity (Wildman–Crippen MR) is 109 cm³/mol. The normalized spacial score (nSPS) is 13.3. The zero-order valence-electron chi connectivity index (χ0n) is 15.3. The van der Waals surface area contributed by atoms with Crippen molar-refractivity contribution in [3.63, 3.8) is 0 Å². The van der Waals surface area contributed by atoms with Gasteiger partial charge in [-0.15, -0.1) is 0 Å². The van der Waals surface area contributed by atoms with Crippen LogP contribution < -0.4 is 21.5 Å². The molecule has 140 valence electrons. The van der Waals surface area contributed by atoms with Gasteiger partial charge in [-0.2, -0.15) is 0 Å². The van der Waals surface area contributed by atoms with E-state index in [9.17, 15) is 14.7 Å². The monoisotopic (exact) mass is 364 g/mol. The van der Waals surface area contributed by atoms with Crippen LogP contribution in [0.25, 0.3) is 0 Å². The van der Waals surface area contributed by atoms with Crippen molar-refractivity contribution in [1.29, 1.82) is 0 Å². The number of rotatable bonds is 9. The Morgan fingerprint density at radius 3 is 2.00 bits per heavy atom. The first-order valence-electron chi connectivity index (χ1n) is 9.25. The maximum absolute atomic E-state index is 12.1. The highest BCUT2D eigenvalue weighted by molar-refractivity contribution is 5.74. The number of nitrogens with one attached hydrogen (secondary N) is 2. The Morgan fingerprint density at radius 1 is 0.852 bits per heavy atom. The smallest absolute Gasteiger partial charge is 0.253 e. The third-order valence-electron chi connectivity index (χ3n) is 4.66. The first kappa shape index (κ1) is 18.9.